The van der Waals surface area contributed by atoms with Crippen LogP contribution in [0.2, 0.25) is 0 Å². The maximum Gasteiger partial charge on any atom is 0.273 e. The van der Waals surface area contributed by atoms with Crippen LogP contribution in [0.15, 0.2) is 29.6 Å². The van der Waals surface area contributed by atoms with E-state index in [-0.39, 0.29) is 17.9 Å². The quantitative estimate of drug-likeness (QED) is 0.483. The Morgan fingerprint density at radius 1 is 1.19 bits per heavy atom. The number of aliphatic hydroxyl groups is 1. The molecule has 4 heterocycles. The van der Waals surface area contributed by atoms with Crippen LogP contribution in [0.4, 0.5) is 5.82 Å². The molecule has 2 aliphatic heterocycles. The molecule has 8 nitrogen and oxygen atoms in total. The highest BCUT2D eigenvalue weighted by Crippen LogP contribution is 2.29. The average molecular weight is 522 g/mol. The Morgan fingerprint density at radius 3 is 2.78 bits per heavy atom. The normalized spacial score (nSPS) is 18.1. The molecule has 9 heteroatoms. The number of benzene rings is 1. The number of aryl methyl sites for hydroxylation is 2. The molecule has 0 saturated carbocycles. The molecule has 1 N–H and O–H groups in total. The van der Waals surface area contributed by atoms with Gasteiger partial charge in [-0.15, -0.1) is 11.3 Å². The van der Waals surface area contributed by atoms with Gasteiger partial charge in [0.05, 0.1) is 16.6 Å². The summed E-state index contributed by atoms with van der Waals surface area (Å²) in [5.41, 5.74) is 3.48. The SMILES string of the molecule is Cc1ccc2cc(CN(CCCN3CCCC3=O)C(=O)c3csc(C)n3)c(N3CCC[C@@H](O)C3)nc2c1. The standard InChI is InChI=1S/C28H35N5O3S/c1-19-8-9-21-15-22(27(30-24(21)14-19)32-11-3-6-23(34)17-32)16-33(28(36)25-18-37-20(2)29-25)13-5-12-31-10-4-7-26(31)35/h8-9,14-15,18,23,34H,3-7,10-13,16-17H2,1-2H3/t23-/m1/s1. The van der Waals surface area contributed by atoms with Crippen LogP contribution in [0.25, 0.3) is 10.9 Å². The van der Waals surface area contributed by atoms with E-state index >= 15 is 0 Å². The summed E-state index contributed by atoms with van der Waals surface area (Å²) >= 11 is 1.47. The zero-order valence-electron chi connectivity index (χ0n) is 21.7. The van der Waals surface area contributed by atoms with E-state index in [0.29, 0.717) is 44.7 Å². The Labute approximate surface area is 221 Å². The highest BCUT2D eigenvalue weighted by molar-refractivity contribution is 7.09. The van der Waals surface area contributed by atoms with Gasteiger partial charge in [-0.05, 0) is 57.2 Å². The van der Waals surface area contributed by atoms with Crippen molar-refractivity contribution in [3.63, 3.8) is 0 Å². The third-order valence-corrected chi connectivity index (χ3v) is 8.01. The van der Waals surface area contributed by atoms with E-state index in [0.717, 1.165) is 65.2 Å². The van der Waals surface area contributed by atoms with Crippen LogP contribution in [0.5, 0.6) is 0 Å². The summed E-state index contributed by atoms with van der Waals surface area (Å²) < 4.78 is 0. The van der Waals surface area contributed by atoms with E-state index in [9.17, 15) is 14.7 Å². The monoisotopic (exact) mass is 521 g/mol. The van der Waals surface area contributed by atoms with E-state index in [1.54, 1.807) is 0 Å². The number of carbonyl (C=O) groups excluding carboxylic acids is 2. The summed E-state index contributed by atoms with van der Waals surface area (Å²) in [5, 5.41) is 14.1. The summed E-state index contributed by atoms with van der Waals surface area (Å²) in [7, 11) is 0. The largest absolute Gasteiger partial charge is 0.391 e. The second-order valence-corrected chi connectivity index (χ2v) is 11.3. The van der Waals surface area contributed by atoms with Crippen molar-refractivity contribution in [2.24, 2.45) is 0 Å². The summed E-state index contributed by atoms with van der Waals surface area (Å²) in [6.45, 7) is 7.68. The van der Waals surface area contributed by atoms with Gasteiger partial charge in [0.2, 0.25) is 5.91 Å². The molecule has 196 valence electrons. The fourth-order valence-electron chi connectivity index (χ4n) is 5.32. The minimum Gasteiger partial charge on any atom is -0.391 e. The molecule has 37 heavy (non-hydrogen) atoms. The first kappa shape index (κ1) is 25.6. The molecular weight excluding hydrogens is 486 g/mol. The van der Waals surface area contributed by atoms with Crippen molar-refractivity contribution in [3.8, 4) is 0 Å². The number of thiazole rings is 1. The number of hydrogen-bond donors (Lipinski definition) is 1. The molecule has 0 bridgehead atoms. The van der Waals surface area contributed by atoms with Gasteiger partial charge in [-0.2, -0.15) is 0 Å². The number of carbonyl (C=O) groups is 2. The molecule has 0 spiro atoms. The molecule has 2 fully saturated rings. The van der Waals surface area contributed by atoms with Gasteiger partial charge in [0.25, 0.3) is 5.91 Å². The van der Waals surface area contributed by atoms with Gasteiger partial charge in [0.15, 0.2) is 0 Å². The number of rotatable bonds is 8. The second-order valence-electron chi connectivity index (χ2n) is 10.2. The van der Waals surface area contributed by atoms with Gasteiger partial charge < -0.3 is 19.8 Å². The summed E-state index contributed by atoms with van der Waals surface area (Å²) in [4.78, 5) is 41.1. The molecule has 0 unspecified atom stereocenters. The van der Waals surface area contributed by atoms with Crippen molar-refractivity contribution in [2.45, 2.75) is 58.6 Å². The molecular formula is C28H35N5O3S. The molecule has 1 atom stereocenters. The van der Waals surface area contributed by atoms with E-state index in [1.807, 2.05) is 22.1 Å². The second kappa shape index (κ2) is 11.1. The van der Waals surface area contributed by atoms with E-state index in [1.165, 1.54) is 11.3 Å². The molecule has 2 aromatic heterocycles. The number of fused-ring (bicyclic) bond motifs is 1. The number of anilines is 1. The first-order chi connectivity index (χ1) is 17.9. The topological polar surface area (TPSA) is 89.9 Å². The Balaban J connectivity index is 1.46. The summed E-state index contributed by atoms with van der Waals surface area (Å²) in [5.74, 6) is 0.928. The van der Waals surface area contributed by atoms with Crippen molar-refractivity contribution >= 4 is 39.9 Å². The third-order valence-electron chi connectivity index (χ3n) is 7.24. The number of β-amino-alcohol motifs (C(OH)–C–C–N with tert-alkyl or cyclic N) is 1. The predicted molar refractivity (Wildman–Crippen MR) is 146 cm³/mol. The number of nitrogens with zero attached hydrogens (tertiary/aromatic N) is 5. The number of hydrogen-bond acceptors (Lipinski definition) is 7. The minimum absolute atomic E-state index is 0.106. The smallest absolute Gasteiger partial charge is 0.273 e. The van der Waals surface area contributed by atoms with E-state index in [2.05, 4.69) is 41.1 Å². The molecule has 2 saturated heterocycles. The van der Waals surface area contributed by atoms with E-state index < -0.39 is 0 Å². The van der Waals surface area contributed by atoms with Gasteiger partial charge in [0.1, 0.15) is 11.5 Å². The van der Waals surface area contributed by atoms with Crippen LogP contribution in [0, 0.1) is 13.8 Å². The van der Waals surface area contributed by atoms with Crippen LogP contribution in [-0.4, -0.2) is 75.5 Å². The number of aromatic nitrogens is 2. The fraction of sp³-hybridized carbons (Fsp3) is 0.500. The van der Waals surface area contributed by atoms with Gasteiger partial charge in [-0.25, -0.2) is 9.97 Å². The number of pyridine rings is 1. The van der Waals surface area contributed by atoms with Crippen LogP contribution in [0.3, 0.4) is 0 Å². The number of likely N-dealkylation sites (tertiary alicyclic amines) is 1. The first-order valence-corrected chi connectivity index (χ1v) is 14.1. The van der Waals surface area contributed by atoms with E-state index in [4.69, 9.17) is 4.98 Å². The van der Waals surface area contributed by atoms with Crippen molar-refractivity contribution in [1.82, 2.24) is 19.8 Å². The lowest BCUT2D eigenvalue weighted by Gasteiger charge is -2.33. The summed E-state index contributed by atoms with van der Waals surface area (Å²) in [6, 6.07) is 8.36. The molecule has 0 aliphatic carbocycles. The maximum atomic E-state index is 13.6. The Kier molecular flexibility index (Phi) is 7.71. The lowest BCUT2D eigenvalue weighted by molar-refractivity contribution is -0.127. The number of piperidine rings is 1. The minimum atomic E-state index is -0.384. The van der Waals surface area contributed by atoms with Crippen molar-refractivity contribution in [1.29, 1.82) is 0 Å². The molecule has 1 aromatic carbocycles. The highest BCUT2D eigenvalue weighted by atomic mass is 32.1. The first-order valence-electron chi connectivity index (χ1n) is 13.2. The van der Waals surface area contributed by atoms with Crippen LogP contribution in [-0.2, 0) is 11.3 Å². The summed E-state index contributed by atoms with van der Waals surface area (Å²) in [6.07, 6.45) is 3.55. The van der Waals surface area contributed by atoms with Crippen molar-refractivity contribution in [3.05, 3.63) is 51.5 Å². The lowest BCUT2D eigenvalue weighted by Crippen LogP contribution is -2.40. The fourth-order valence-corrected chi connectivity index (χ4v) is 5.91. The molecule has 0 radical (unpaired) electrons. The van der Waals surface area contributed by atoms with Crippen molar-refractivity contribution in [2.75, 3.05) is 37.6 Å². The molecule has 3 aromatic rings. The van der Waals surface area contributed by atoms with Crippen LogP contribution < -0.4 is 4.90 Å². The zero-order valence-corrected chi connectivity index (χ0v) is 22.5. The van der Waals surface area contributed by atoms with Crippen molar-refractivity contribution < 1.29 is 14.7 Å². The number of aliphatic hydroxyl groups excluding tert-OH is 1. The Hall–Kier alpha value is -3.04. The third kappa shape index (κ3) is 5.93. The van der Waals surface area contributed by atoms with Crippen LogP contribution >= 0.6 is 11.3 Å². The Morgan fingerprint density at radius 2 is 2.05 bits per heavy atom. The number of amides is 2. The van der Waals surface area contributed by atoms with Gasteiger partial charge in [-0.3, -0.25) is 9.59 Å². The maximum absolute atomic E-state index is 13.6. The average Bonchev–Trinajstić information content (AvgIpc) is 3.50. The highest BCUT2D eigenvalue weighted by Gasteiger charge is 2.26. The zero-order chi connectivity index (χ0) is 25.9. The lowest BCUT2D eigenvalue weighted by atomic mass is 10.0. The van der Waals surface area contributed by atoms with Crippen LogP contribution in [0.1, 0.15) is 58.7 Å². The van der Waals surface area contributed by atoms with Gasteiger partial charge in [-0.1, -0.05) is 12.1 Å². The molecule has 5 rings (SSSR count). The van der Waals surface area contributed by atoms with Gasteiger partial charge >= 0.3 is 0 Å². The molecule has 2 aliphatic rings. The molecule has 2 amide bonds. The Bertz CT molecular complexity index is 1290. The van der Waals surface area contributed by atoms with Gasteiger partial charge in [0, 0.05) is 62.0 Å². The predicted octanol–water partition coefficient (Wildman–Crippen LogP) is 3.92.